The van der Waals surface area contributed by atoms with Crippen LogP contribution in [0.1, 0.15) is 11.6 Å². The lowest BCUT2D eigenvalue weighted by Gasteiger charge is -2.35. The molecule has 0 bridgehead atoms. The molecule has 0 saturated carbocycles. The lowest BCUT2D eigenvalue weighted by molar-refractivity contribution is -0.122. The summed E-state index contributed by atoms with van der Waals surface area (Å²) in [6.07, 6.45) is 0. The van der Waals surface area contributed by atoms with Crippen molar-refractivity contribution in [3.05, 3.63) is 46.0 Å². The van der Waals surface area contributed by atoms with Gasteiger partial charge in [0.05, 0.1) is 38.4 Å². The first kappa shape index (κ1) is 23.4. The highest BCUT2D eigenvalue weighted by molar-refractivity contribution is 7.71. The minimum absolute atomic E-state index is 0.0354. The number of amides is 1. The van der Waals surface area contributed by atoms with Gasteiger partial charge in [-0.2, -0.15) is 5.10 Å². The Balaban J connectivity index is 1.50. The summed E-state index contributed by atoms with van der Waals surface area (Å²) in [7, 11) is 3.23. The van der Waals surface area contributed by atoms with Gasteiger partial charge >= 0.3 is 0 Å². The lowest BCUT2D eigenvalue weighted by Crippen LogP contribution is -2.44. The second kappa shape index (κ2) is 10.9. The smallest absolute Gasteiger partial charge is 0.240 e. The molecular weight excluding hydrogens is 462 g/mol. The number of rotatable bonds is 9. The number of methoxy groups -OCH3 is 2. The maximum Gasteiger partial charge on any atom is 0.240 e. The molecule has 1 amide bonds. The minimum atomic E-state index is -0.135. The van der Waals surface area contributed by atoms with Crippen molar-refractivity contribution in [1.82, 2.24) is 25.0 Å². The van der Waals surface area contributed by atoms with Gasteiger partial charge in [0, 0.05) is 19.6 Å². The predicted octanol–water partition coefficient (Wildman–Crippen LogP) is 2.88. The molecule has 0 aliphatic carbocycles. The summed E-state index contributed by atoms with van der Waals surface area (Å²) in [4.78, 5) is 16.2. The van der Waals surface area contributed by atoms with Crippen molar-refractivity contribution >= 4 is 29.5 Å². The molecule has 0 spiro atoms. The van der Waals surface area contributed by atoms with Crippen LogP contribution in [0.4, 0.5) is 0 Å². The van der Waals surface area contributed by atoms with Gasteiger partial charge in [0.2, 0.25) is 5.91 Å². The summed E-state index contributed by atoms with van der Waals surface area (Å²) in [6, 6.07) is 9.72. The molecule has 176 valence electrons. The molecule has 3 aromatic rings. The largest absolute Gasteiger partial charge is 0.493 e. The fraction of sp³-hybridized carbons (Fsp3) is 0.409. The number of aromatic nitrogens is 3. The Labute approximate surface area is 201 Å². The van der Waals surface area contributed by atoms with Crippen LogP contribution < -0.4 is 14.8 Å². The minimum Gasteiger partial charge on any atom is -0.493 e. The quantitative estimate of drug-likeness (QED) is 0.447. The predicted molar refractivity (Wildman–Crippen MR) is 128 cm³/mol. The number of thiophene rings is 1. The number of aromatic amines is 1. The van der Waals surface area contributed by atoms with E-state index >= 15 is 0 Å². The van der Waals surface area contributed by atoms with E-state index in [0.717, 1.165) is 23.5 Å². The van der Waals surface area contributed by atoms with Gasteiger partial charge in [-0.15, -0.1) is 11.3 Å². The monoisotopic (exact) mass is 489 g/mol. The van der Waals surface area contributed by atoms with Gasteiger partial charge in [-0.1, -0.05) is 12.1 Å². The van der Waals surface area contributed by atoms with Crippen LogP contribution in [0, 0.1) is 4.77 Å². The Kier molecular flexibility index (Phi) is 7.76. The molecule has 2 aromatic heterocycles. The van der Waals surface area contributed by atoms with Gasteiger partial charge in [-0.25, -0.2) is 0 Å². The summed E-state index contributed by atoms with van der Waals surface area (Å²) in [5.74, 6) is 1.85. The zero-order chi connectivity index (χ0) is 23.2. The van der Waals surface area contributed by atoms with E-state index in [4.69, 9.17) is 26.4 Å². The van der Waals surface area contributed by atoms with Gasteiger partial charge in [0.1, 0.15) is 6.54 Å². The summed E-state index contributed by atoms with van der Waals surface area (Å²) in [6.45, 7) is 3.41. The topological polar surface area (TPSA) is 93.6 Å². The summed E-state index contributed by atoms with van der Waals surface area (Å²) in [5.41, 5.74) is 1.04. The molecule has 2 N–H and O–H groups in total. The van der Waals surface area contributed by atoms with E-state index in [1.807, 2.05) is 35.7 Å². The summed E-state index contributed by atoms with van der Waals surface area (Å²) < 4.78 is 18.5. The number of nitrogens with one attached hydrogen (secondary N) is 2. The number of ether oxygens (including phenoxy) is 3. The van der Waals surface area contributed by atoms with E-state index in [0.29, 0.717) is 41.9 Å². The van der Waals surface area contributed by atoms with Crippen molar-refractivity contribution in [3.63, 3.8) is 0 Å². The molecule has 1 aliphatic rings. The first-order chi connectivity index (χ1) is 16.1. The Bertz CT molecular complexity index is 1120. The highest BCUT2D eigenvalue weighted by Crippen LogP contribution is 2.32. The van der Waals surface area contributed by atoms with Gasteiger partial charge in [-0.05, 0) is 41.4 Å². The number of morpholine rings is 1. The lowest BCUT2D eigenvalue weighted by atomic mass is 10.0. The zero-order valence-electron chi connectivity index (χ0n) is 18.6. The Morgan fingerprint density at radius 1 is 1.27 bits per heavy atom. The van der Waals surface area contributed by atoms with Crippen molar-refractivity contribution in [2.75, 3.05) is 47.1 Å². The molecule has 9 nitrogen and oxygen atoms in total. The van der Waals surface area contributed by atoms with Crippen molar-refractivity contribution in [2.24, 2.45) is 0 Å². The molecule has 0 unspecified atom stereocenters. The van der Waals surface area contributed by atoms with E-state index < -0.39 is 0 Å². The van der Waals surface area contributed by atoms with E-state index in [1.165, 1.54) is 0 Å². The maximum atomic E-state index is 12.9. The highest BCUT2D eigenvalue weighted by Gasteiger charge is 2.25. The van der Waals surface area contributed by atoms with Crippen LogP contribution >= 0.6 is 23.6 Å². The molecule has 1 aliphatic heterocycles. The second-order valence-electron chi connectivity index (χ2n) is 7.50. The normalized spacial score (nSPS) is 15.2. The molecule has 3 heterocycles. The second-order valence-corrected chi connectivity index (χ2v) is 8.83. The van der Waals surface area contributed by atoms with Crippen molar-refractivity contribution in [3.8, 4) is 22.2 Å². The fourth-order valence-electron chi connectivity index (χ4n) is 3.88. The van der Waals surface area contributed by atoms with Gasteiger partial charge in [0.15, 0.2) is 22.1 Å². The molecule has 1 saturated heterocycles. The van der Waals surface area contributed by atoms with E-state index in [9.17, 15) is 4.79 Å². The van der Waals surface area contributed by atoms with Crippen LogP contribution in [-0.4, -0.2) is 72.6 Å². The first-order valence-corrected chi connectivity index (χ1v) is 11.9. The van der Waals surface area contributed by atoms with Gasteiger partial charge in [0.25, 0.3) is 0 Å². The van der Waals surface area contributed by atoms with Crippen LogP contribution in [0.25, 0.3) is 10.7 Å². The number of H-pyrrole nitrogens is 1. The maximum absolute atomic E-state index is 12.9. The molecule has 0 radical (unpaired) electrons. The third kappa shape index (κ3) is 5.44. The number of nitrogens with zero attached hydrogens (tertiary/aromatic N) is 3. The van der Waals surface area contributed by atoms with E-state index in [-0.39, 0.29) is 18.5 Å². The Morgan fingerprint density at radius 2 is 2.06 bits per heavy atom. The van der Waals surface area contributed by atoms with Crippen LogP contribution in [0.3, 0.4) is 0 Å². The van der Waals surface area contributed by atoms with Crippen molar-refractivity contribution < 1.29 is 19.0 Å². The third-order valence-electron chi connectivity index (χ3n) is 5.57. The molecule has 11 heteroatoms. The number of carbonyl (C=O) groups excluding carboxylic acids is 1. The number of carbonyl (C=O) groups is 1. The van der Waals surface area contributed by atoms with Gasteiger partial charge < -0.3 is 19.5 Å². The van der Waals surface area contributed by atoms with Crippen molar-refractivity contribution in [2.45, 2.75) is 12.6 Å². The Morgan fingerprint density at radius 3 is 2.76 bits per heavy atom. The third-order valence-corrected chi connectivity index (χ3v) is 6.75. The first-order valence-electron chi connectivity index (χ1n) is 10.6. The van der Waals surface area contributed by atoms with Crippen molar-refractivity contribution in [1.29, 1.82) is 0 Å². The van der Waals surface area contributed by atoms with Crippen LogP contribution in [0.15, 0.2) is 35.7 Å². The summed E-state index contributed by atoms with van der Waals surface area (Å²) in [5, 5.41) is 12.1. The number of hydrogen-bond acceptors (Lipinski definition) is 8. The summed E-state index contributed by atoms with van der Waals surface area (Å²) >= 11 is 6.90. The molecule has 1 atom stereocenters. The molecule has 4 rings (SSSR count). The molecule has 33 heavy (non-hydrogen) atoms. The molecule has 1 fully saturated rings. The Hall–Kier alpha value is -2.73. The highest BCUT2D eigenvalue weighted by atomic mass is 32.1. The fourth-order valence-corrected chi connectivity index (χ4v) is 4.79. The van der Waals surface area contributed by atoms with Gasteiger partial charge in [-0.3, -0.25) is 19.4 Å². The van der Waals surface area contributed by atoms with E-state index in [1.54, 1.807) is 30.1 Å². The average molecular weight is 490 g/mol. The average Bonchev–Trinajstić information content (AvgIpc) is 3.50. The van der Waals surface area contributed by atoms with Crippen LogP contribution in [-0.2, 0) is 16.1 Å². The number of hydrogen-bond donors (Lipinski definition) is 2. The van der Waals surface area contributed by atoms with E-state index in [2.05, 4.69) is 20.4 Å². The standard InChI is InChI=1S/C22H27N5O4S2/c1-29-17-6-5-15(12-18(17)30-2)16(26-7-9-31-10-8-26)13-23-20(28)14-27-21(24-25-22(27)32)19-4-3-11-33-19/h3-6,11-12,16H,7-10,13-14H2,1-2H3,(H,23,28)(H,25,32)/t16-/m1/s1. The molecular formula is C22H27N5O4S2. The number of benzene rings is 1. The van der Waals surface area contributed by atoms with Crippen LogP contribution in [0.5, 0.6) is 11.5 Å². The SMILES string of the molecule is COc1ccc([C@@H](CNC(=O)Cn2c(-c3cccs3)n[nH]c2=S)N2CCOCC2)cc1OC. The zero-order valence-corrected chi connectivity index (χ0v) is 20.2. The van der Waals surface area contributed by atoms with Crippen LogP contribution in [0.2, 0.25) is 0 Å². The molecule has 1 aromatic carbocycles.